The predicted molar refractivity (Wildman–Crippen MR) is 128 cm³/mol. The quantitative estimate of drug-likeness (QED) is 0.584. The SMILES string of the molecule is CC(C)(C)c1cc(-c2cncc(-c3ccc(C(=O)N4CCC[C@@H](O)C4)cc3Cl)c2)ccn1. The number of pyridine rings is 2. The Morgan fingerprint density at radius 3 is 2.59 bits per heavy atom. The van der Waals surface area contributed by atoms with E-state index in [-0.39, 0.29) is 11.3 Å². The number of aliphatic hydroxyl groups is 1. The number of hydrogen-bond acceptors (Lipinski definition) is 4. The third-order valence-electron chi connectivity index (χ3n) is 5.81. The number of likely N-dealkylation sites (tertiary alicyclic amines) is 1. The van der Waals surface area contributed by atoms with Gasteiger partial charge in [0.2, 0.25) is 0 Å². The predicted octanol–water partition coefficient (Wildman–Crippen LogP) is 5.36. The van der Waals surface area contributed by atoms with E-state index in [0.717, 1.165) is 40.8 Å². The standard InChI is InChI=1S/C26H28ClN3O2/c1-26(2,3)24-13-17(8-9-29-24)19-11-20(15-28-14-19)22-7-6-18(12-23(22)27)25(32)30-10-4-5-21(31)16-30/h6-9,11-15,21,31H,4-5,10,16H2,1-3H3/t21-/m1/s1. The van der Waals surface area contributed by atoms with Crippen molar-refractivity contribution in [3.8, 4) is 22.3 Å². The van der Waals surface area contributed by atoms with E-state index in [0.29, 0.717) is 23.7 Å². The first-order valence-corrected chi connectivity index (χ1v) is 11.3. The fourth-order valence-corrected chi connectivity index (χ4v) is 4.26. The Morgan fingerprint density at radius 1 is 1.09 bits per heavy atom. The van der Waals surface area contributed by atoms with E-state index in [4.69, 9.17) is 11.6 Å². The molecule has 4 rings (SSSR count). The van der Waals surface area contributed by atoms with Gasteiger partial charge < -0.3 is 10.0 Å². The maximum absolute atomic E-state index is 12.8. The van der Waals surface area contributed by atoms with Crippen LogP contribution in [0.25, 0.3) is 22.3 Å². The summed E-state index contributed by atoms with van der Waals surface area (Å²) in [6.45, 7) is 7.44. The lowest BCUT2D eigenvalue weighted by Crippen LogP contribution is -2.42. The van der Waals surface area contributed by atoms with E-state index in [9.17, 15) is 9.90 Å². The topological polar surface area (TPSA) is 66.3 Å². The molecule has 1 aliphatic rings. The van der Waals surface area contributed by atoms with Crippen LogP contribution in [0, 0.1) is 0 Å². The van der Waals surface area contributed by atoms with E-state index in [1.807, 2.05) is 24.5 Å². The highest BCUT2D eigenvalue weighted by atomic mass is 35.5. The minimum atomic E-state index is -0.455. The van der Waals surface area contributed by atoms with Crippen molar-refractivity contribution >= 4 is 17.5 Å². The van der Waals surface area contributed by atoms with Crippen LogP contribution in [-0.4, -0.2) is 45.1 Å². The Bertz CT molecular complexity index is 1140. The summed E-state index contributed by atoms with van der Waals surface area (Å²) in [6.07, 6.45) is 6.53. The first-order chi connectivity index (χ1) is 15.2. The fraction of sp³-hybridized carbons (Fsp3) is 0.346. The Morgan fingerprint density at radius 2 is 1.88 bits per heavy atom. The highest BCUT2D eigenvalue weighted by Crippen LogP contribution is 2.32. The summed E-state index contributed by atoms with van der Waals surface area (Å²) in [5.41, 5.74) is 5.23. The number of rotatable bonds is 3. The molecule has 1 aromatic carbocycles. The van der Waals surface area contributed by atoms with Gasteiger partial charge in [0, 0.05) is 70.1 Å². The van der Waals surface area contributed by atoms with Crippen LogP contribution >= 0.6 is 11.6 Å². The molecule has 32 heavy (non-hydrogen) atoms. The number of nitrogens with zero attached hydrogens (tertiary/aromatic N) is 3. The molecule has 1 atom stereocenters. The summed E-state index contributed by atoms with van der Waals surface area (Å²) in [5.74, 6) is -0.101. The van der Waals surface area contributed by atoms with Crippen molar-refractivity contribution in [2.45, 2.75) is 45.1 Å². The Balaban J connectivity index is 1.62. The van der Waals surface area contributed by atoms with Gasteiger partial charge in [-0.2, -0.15) is 0 Å². The molecule has 0 saturated carbocycles. The molecule has 1 saturated heterocycles. The molecule has 1 N–H and O–H groups in total. The van der Waals surface area contributed by atoms with Gasteiger partial charge in [-0.3, -0.25) is 14.8 Å². The lowest BCUT2D eigenvalue weighted by molar-refractivity contribution is 0.0474. The fourth-order valence-electron chi connectivity index (χ4n) is 3.97. The summed E-state index contributed by atoms with van der Waals surface area (Å²) in [4.78, 5) is 23.5. The van der Waals surface area contributed by atoms with Crippen LogP contribution in [0.5, 0.6) is 0 Å². The zero-order valence-corrected chi connectivity index (χ0v) is 19.4. The summed E-state index contributed by atoms with van der Waals surface area (Å²) in [5, 5.41) is 10.4. The number of β-amino-alcohol motifs (C(OH)–C–C–N with tert-alkyl or cyclic N) is 1. The van der Waals surface area contributed by atoms with Crippen LogP contribution in [-0.2, 0) is 5.41 Å². The van der Waals surface area contributed by atoms with Crippen LogP contribution < -0.4 is 0 Å². The molecule has 2 aromatic heterocycles. The van der Waals surface area contributed by atoms with Crippen molar-refractivity contribution in [3.05, 3.63) is 71.3 Å². The van der Waals surface area contributed by atoms with E-state index in [1.54, 1.807) is 23.2 Å². The molecule has 1 fully saturated rings. The van der Waals surface area contributed by atoms with Gasteiger partial charge in [0.25, 0.3) is 5.91 Å². The van der Waals surface area contributed by atoms with Gasteiger partial charge in [-0.05, 0) is 48.7 Å². The molecule has 0 unspecified atom stereocenters. The van der Waals surface area contributed by atoms with Gasteiger partial charge >= 0.3 is 0 Å². The van der Waals surface area contributed by atoms with Crippen molar-refractivity contribution < 1.29 is 9.90 Å². The van der Waals surface area contributed by atoms with Crippen molar-refractivity contribution in [2.75, 3.05) is 13.1 Å². The minimum Gasteiger partial charge on any atom is -0.391 e. The van der Waals surface area contributed by atoms with Crippen LogP contribution in [0.1, 0.15) is 49.7 Å². The van der Waals surface area contributed by atoms with E-state index < -0.39 is 6.10 Å². The number of halogens is 1. The number of aliphatic hydroxyl groups excluding tert-OH is 1. The van der Waals surface area contributed by atoms with Crippen LogP contribution in [0.2, 0.25) is 5.02 Å². The number of piperidine rings is 1. The zero-order chi connectivity index (χ0) is 22.9. The second-order valence-corrected chi connectivity index (χ2v) is 9.79. The Labute approximate surface area is 194 Å². The monoisotopic (exact) mass is 449 g/mol. The zero-order valence-electron chi connectivity index (χ0n) is 18.7. The third-order valence-corrected chi connectivity index (χ3v) is 6.12. The van der Waals surface area contributed by atoms with E-state index in [1.165, 1.54) is 0 Å². The first kappa shape index (κ1) is 22.4. The van der Waals surface area contributed by atoms with Gasteiger partial charge in [-0.25, -0.2) is 0 Å². The maximum Gasteiger partial charge on any atom is 0.253 e. The Kier molecular flexibility index (Phi) is 6.31. The number of hydrogen-bond donors (Lipinski definition) is 1. The van der Waals surface area contributed by atoms with Gasteiger partial charge in [-0.15, -0.1) is 0 Å². The highest BCUT2D eigenvalue weighted by molar-refractivity contribution is 6.33. The number of carbonyl (C=O) groups is 1. The van der Waals surface area contributed by atoms with Gasteiger partial charge in [0.15, 0.2) is 0 Å². The molecule has 0 radical (unpaired) electrons. The van der Waals surface area contributed by atoms with Gasteiger partial charge in [0.1, 0.15) is 0 Å². The molecule has 3 heterocycles. The molecule has 0 bridgehead atoms. The molecule has 1 amide bonds. The second-order valence-electron chi connectivity index (χ2n) is 9.38. The average Bonchev–Trinajstić information content (AvgIpc) is 2.78. The van der Waals surface area contributed by atoms with Crippen LogP contribution in [0.15, 0.2) is 55.0 Å². The number of benzene rings is 1. The summed E-state index contributed by atoms with van der Waals surface area (Å²) < 4.78 is 0. The van der Waals surface area contributed by atoms with Crippen LogP contribution in [0.3, 0.4) is 0 Å². The molecule has 5 nitrogen and oxygen atoms in total. The maximum atomic E-state index is 12.8. The highest BCUT2D eigenvalue weighted by Gasteiger charge is 2.23. The lowest BCUT2D eigenvalue weighted by atomic mass is 9.90. The lowest BCUT2D eigenvalue weighted by Gasteiger charge is -2.30. The molecule has 6 heteroatoms. The molecule has 166 valence electrons. The normalized spacial score (nSPS) is 16.8. The summed E-state index contributed by atoms with van der Waals surface area (Å²) in [6, 6.07) is 11.5. The average molecular weight is 450 g/mol. The smallest absolute Gasteiger partial charge is 0.253 e. The molecule has 3 aromatic rings. The first-order valence-electron chi connectivity index (χ1n) is 10.9. The number of carbonyl (C=O) groups excluding carboxylic acids is 1. The van der Waals surface area contributed by atoms with Crippen LogP contribution in [0.4, 0.5) is 0 Å². The molecular weight excluding hydrogens is 422 g/mol. The van der Waals surface area contributed by atoms with E-state index >= 15 is 0 Å². The summed E-state index contributed by atoms with van der Waals surface area (Å²) in [7, 11) is 0. The number of amides is 1. The largest absolute Gasteiger partial charge is 0.391 e. The minimum absolute atomic E-state index is 0.0445. The second kappa shape index (κ2) is 9.00. The summed E-state index contributed by atoms with van der Waals surface area (Å²) >= 11 is 6.60. The van der Waals surface area contributed by atoms with Gasteiger partial charge in [0.05, 0.1) is 6.10 Å². The van der Waals surface area contributed by atoms with E-state index in [2.05, 4.69) is 42.9 Å². The van der Waals surface area contributed by atoms with Crippen molar-refractivity contribution in [1.82, 2.24) is 14.9 Å². The molecular formula is C26H28ClN3O2. The number of aromatic nitrogens is 2. The van der Waals surface area contributed by atoms with Crippen molar-refractivity contribution in [3.63, 3.8) is 0 Å². The van der Waals surface area contributed by atoms with Gasteiger partial charge in [-0.1, -0.05) is 38.4 Å². The molecule has 0 spiro atoms. The molecule has 1 aliphatic heterocycles. The van der Waals surface area contributed by atoms with Crippen molar-refractivity contribution in [1.29, 1.82) is 0 Å². The third kappa shape index (κ3) is 4.84. The molecule has 0 aliphatic carbocycles. The van der Waals surface area contributed by atoms with Crippen molar-refractivity contribution in [2.24, 2.45) is 0 Å². The Hall–Kier alpha value is -2.76.